The SMILES string of the molecule is CCOC(=O)/C(=C/c1ccc(OCCN(C)c2ccccn2)cc1)CC(=O)N1C[C@H]2CCCC[C@H]2C1. The van der Waals surface area contributed by atoms with Gasteiger partial charge in [0, 0.05) is 31.9 Å². The third-order valence-corrected chi connectivity index (χ3v) is 7.17. The number of benzene rings is 1. The first-order chi connectivity index (χ1) is 17.5. The number of likely N-dealkylation sites (tertiary alicyclic amines) is 1. The number of hydrogen-bond acceptors (Lipinski definition) is 6. The molecule has 1 aromatic carbocycles. The summed E-state index contributed by atoms with van der Waals surface area (Å²) in [5.74, 6) is 2.47. The molecule has 2 aromatic rings. The maximum absolute atomic E-state index is 13.1. The van der Waals surface area contributed by atoms with Crippen molar-refractivity contribution < 1.29 is 19.1 Å². The molecule has 2 heterocycles. The van der Waals surface area contributed by atoms with E-state index >= 15 is 0 Å². The van der Waals surface area contributed by atoms with Crippen LogP contribution in [-0.4, -0.2) is 61.7 Å². The fourth-order valence-electron chi connectivity index (χ4n) is 5.15. The number of anilines is 1. The van der Waals surface area contributed by atoms with Gasteiger partial charge in [-0.2, -0.15) is 0 Å². The van der Waals surface area contributed by atoms with E-state index in [4.69, 9.17) is 9.47 Å². The number of amides is 1. The zero-order chi connectivity index (χ0) is 25.3. The van der Waals surface area contributed by atoms with Gasteiger partial charge in [-0.05, 0) is 67.5 Å². The van der Waals surface area contributed by atoms with Crippen molar-refractivity contribution in [3.05, 3.63) is 59.8 Å². The first-order valence-electron chi connectivity index (χ1n) is 13.0. The Hall–Kier alpha value is -3.35. The number of carbonyl (C=O) groups is 2. The first kappa shape index (κ1) is 25.7. The van der Waals surface area contributed by atoms with Gasteiger partial charge in [-0.25, -0.2) is 9.78 Å². The zero-order valence-corrected chi connectivity index (χ0v) is 21.4. The molecule has 1 saturated carbocycles. The summed E-state index contributed by atoms with van der Waals surface area (Å²) in [5, 5.41) is 0. The van der Waals surface area contributed by atoms with Crippen LogP contribution in [0.25, 0.3) is 6.08 Å². The number of rotatable bonds is 10. The normalized spacial score (nSPS) is 19.5. The molecular formula is C29H37N3O4. The van der Waals surface area contributed by atoms with Crippen molar-refractivity contribution in [2.45, 2.75) is 39.0 Å². The monoisotopic (exact) mass is 491 g/mol. The molecule has 4 rings (SSSR count). The predicted molar refractivity (Wildman–Crippen MR) is 141 cm³/mol. The highest BCUT2D eigenvalue weighted by Gasteiger charge is 2.36. The third kappa shape index (κ3) is 6.86. The molecule has 1 aliphatic heterocycles. The van der Waals surface area contributed by atoms with Crippen molar-refractivity contribution in [3.63, 3.8) is 0 Å². The molecule has 0 unspecified atom stereocenters. The van der Waals surface area contributed by atoms with Gasteiger partial charge in [0.25, 0.3) is 0 Å². The lowest BCUT2D eigenvalue weighted by Gasteiger charge is -2.22. The fraction of sp³-hybridized carbons (Fsp3) is 0.483. The lowest BCUT2D eigenvalue weighted by atomic mass is 9.82. The summed E-state index contributed by atoms with van der Waals surface area (Å²) in [6.45, 7) is 4.91. The number of aromatic nitrogens is 1. The fourth-order valence-corrected chi connectivity index (χ4v) is 5.15. The van der Waals surface area contributed by atoms with E-state index in [1.54, 1.807) is 19.2 Å². The number of pyridine rings is 1. The van der Waals surface area contributed by atoms with Gasteiger partial charge in [0.05, 0.1) is 19.6 Å². The molecule has 192 valence electrons. The molecular weight excluding hydrogens is 454 g/mol. The predicted octanol–water partition coefficient (Wildman–Crippen LogP) is 4.58. The van der Waals surface area contributed by atoms with Crippen molar-refractivity contribution in [1.82, 2.24) is 9.88 Å². The first-order valence-corrected chi connectivity index (χ1v) is 13.0. The molecule has 0 N–H and O–H groups in total. The van der Waals surface area contributed by atoms with Crippen LogP contribution in [-0.2, 0) is 14.3 Å². The molecule has 1 aromatic heterocycles. The van der Waals surface area contributed by atoms with E-state index in [2.05, 4.69) is 4.98 Å². The van der Waals surface area contributed by atoms with Crippen LogP contribution in [0.15, 0.2) is 54.2 Å². The summed E-state index contributed by atoms with van der Waals surface area (Å²) >= 11 is 0. The molecule has 2 atom stereocenters. The summed E-state index contributed by atoms with van der Waals surface area (Å²) in [6.07, 6.45) is 8.55. The Morgan fingerprint density at radius 3 is 2.44 bits per heavy atom. The quantitative estimate of drug-likeness (QED) is 0.358. The van der Waals surface area contributed by atoms with E-state index in [9.17, 15) is 9.59 Å². The van der Waals surface area contributed by atoms with Crippen molar-refractivity contribution in [3.8, 4) is 5.75 Å². The van der Waals surface area contributed by atoms with Crippen LogP contribution < -0.4 is 9.64 Å². The molecule has 1 aliphatic carbocycles. The van der Waals surface area contributed by atoms with Gasteiger partial charge >= 0.3 is 5.97 Å². The van der Waals surface area contributed by atoms with Gasteiger partial charge in [-0.15, -0.1) is 0 Å². The van der Waals surface area contributed by atoms with Crippen LogP contribution in [0.1, 0.15) is 44.6 Å². The zero-order valence-electron chi connectivity index (χ0n) is 21.4. The molecule has 2 fully saturated rings. The molecule has 0 bridgehead atoms. The van der Waals surface area contributed by atoms with Crippen molar-refractivity contribution in [2.24, 2.45) is 11.8 Å². The molecule has 1 saturated heterocycles. The van der Waals surface area contributed by atoms with Gasteiger partial charge in [-0.3, -0.25) is 4.79 Å². The van der Waals surface area contributed by atoms with Gasteiger partial charge in [0.1, 0.15) is 18.2 Å². The van der Waals surface area contributed by atoms with Crippen LogP contribution in [0.5, 0.6) is 5.75 Å². The molecule has 7 nitrogen and oxygen atoms in total. The molecule has 0 radical (unpaired) electrons. The highest BCUT2D eigenvalue weighted by Crippen LogP contribution is 2.36. The highest BCUT2D eigenvalue weighted by atomic mass is 16.5. The summed E-state index contributed by atoms with van der Waals surface area (Å²) in [4.78, 5) is 34.0. The number of nitrogens with zero attached hydrogens (tertiary/aromatic N) is 3. The summed E-state index contributed by atoms with van der Waals surface area (Å²) in [7, 11) is 1.98. The smallest absolute Gasteiger partial charge is 0.334 e. The van der Waals surface area contributed by atoms with E-state index in [0.717, 1.165) is 30.2 Å². The van der Waals surface area contributed by atoms with Gasteiger partial charge < -0.3 is 19.3 Å². The second-order valence-electron chi connectivity index (χ2n) is 9.70. The summed E-state index contributed by atoms with van der Waals surface area (Å²) in [5.41, 5.74) is 1.22. The maximum Gasteiger partial charge on any atom is 0.334 e. The van der Waals surface area contributed by atoms with Gasteiger partial charge in [-0.1, -0.05) is 31.0 Å². The Morgan fingerprint density at radius 2 is 1.81 bits per heavy atom. The number of esters is 1. The number of carbonyl (C=O) groups excluding carboxylic acids is 2. The Balaban J connectivity index is 1.34. The topological polar surface area (TPSA) is 72.0 Å². The third-order valence-electron chi connectivity index (χ3n) is 7.17. The molecule has 2 aliphatic rings. The van der Waals surface area contributed by atoms with E-state index in [-0.39, 0.29) is 18.9 Å². The molecule has 1 amide bonds. The van der Waals surface area contributed by atoms with Crippen molar-refractivity contribution in [2.75, 3.05) is 44.8 Å². The lowest BCUT2D eigenvalue weighted by molar-refractivity contribution is -0.140. The summed E-state index contributed by atoms with van der Waals surface area (Å²) in [6, 6.07) is 13.4. The Kier molecular flexibility index (Phi) is 8.98. The second-order valence-corrected chi connectivity index (χ2v) is 9.70. The maximum atomic E-state index is 13.1. The van der Waals surface area contributed by atoms with Crippen molar-refractivity contribution >= 4 is 23.8 Å². The Labute approximate surface area is 214 Å². The Bertz CT molecular complexity index is 1020. The van der Waals surface area contributed by atoms with Crippen LogP contribution in [0.3, 0.4) is 0 Å². The number of hydrogen-bond donors (Lipinski definition) is 0. The second kappa shape index (κ2) is 12.6. The van der Waals surface area contributed by atoms with E-state index in [1.165, 1.54) is 25.7 Å². The minimum atomic E-state index is -0.430. The molecule has 7 heteroatoms. The minimum Gasteiger partial charge on any atom is -0.492 e. The average molecular weight is 492 g/mol. The van der Waals surface area contributed by atoms with E-state index in [1.807, 2.05) is 59.3 Å². The highest BCUT2D eigenvalue weighted by molar-refractivity contribution is 5.99. The molecule has 36 heavy (non-hydrogen) atoms. The van der Waals surface area contributed by atoms with Gasteiger partial charge in [0.15, 0.2) is 0 Å². The number of fused-ring (bicyclic) bond motifs is 1. The number of likely N-dealkylation sites (N-methyl/N-ethyl adjacent to an activating group) is 1. The van der Waals surface area contributed by atoms with Crippen LogP contribution in [0.4, 0.5) is 5.82 Å². The van der Waals surface area contributed by atoms with Crippen LogP contribution in [0, 0.1) is 11.8 Å². The lowest BCUT2D eigenvalue weighted by Crippen LogP contribution is -2.30. The average Bonchev–Trinajstić information content (AvgIpc) is 3.34. The van der Waals surface area contributed by atoms with E-state index < -0.39 is 5.97 Å². The largest absolute Gasteiger partial charge is 0.492 e. The van der Waals surface area contributed by atoms with Crippen LogP contribution in [0.2, 0.25) is 0 Å². The summed E-state index contributed by atoms with van der Waals surface area (Å²) < 4.78 is 11.1. The van der Waals surface area contributed by atoms with Gasteiger partial charge in [0.2, 0.25) is 5.91 Å². The molecule has 0 spiro atoms. The van der Waals surface area contributed by atoms with E-state index in [0.29, 0.717) is 30.6 Å². The minimum absolute atomic E-state index is 0.0145. The standard InChI is InChI=1S/C29H37N3O4/c1-3-35-29(34)25(19-28(33)32-20-23-8-4-5-9-24(23)21-32)18-22-11-13-26(14-12-22)36-17-16-31(2)27-10-6-7-15-30-27/h6-7,10-15,18,23-24H,3-5,8-9,16-17,19-21H2,1-2H3/b25-18+/t23-,24+. The van der Waals surface area contributed by atoms with Crippen LogP contribution >= 0.6 is 0 Å². The Morgan fingerprint density at radius 1 is 1.08 bits per heavy atom. The van der Waals surface area contributed by atoms with Crippen molar-refractivity contribution in [1.29, 1.82) is 0 Å². The number of ether oxygens (including phenoxy) is 2.